The Morgan fingerprint density at radius 2 is 1.85 bits per heavy atom. The third kappa shape index (κ3) is 3.74. The number of rotatable bonds is 5. The average Bonchev–Trinajstić information content (AvgIpc) is 3.12. The van der Waals surface area contributed by atoms with Crippen molar-refractivity contribution in [1.29, 1.82) is 0 Å². The minimum atomic E-state index is -0.942. The highest BCUT2D eigenvalue weighted by Gasteiger charge is 2.31. The highest BCUT2D eigenvalue weighted by molar-refractivity contribution is 5.78. The first-order chi connectivity index (χ1) is 12.5. The molecule has 1 aliphatic rings. The van der Waals surface area contributed by atoms with Crippen molar-refractivity contribution in [2.24, 2.45) is 5.92 Å². The molecule has 8 heteroatoms. The van der Waals surface area contributed by atoms with Gasteiger partial charge >= 0.3 is 11.7 Å². The Morgan fingerprint density at radius 1 is 1.12 bits per heavy atom. The van der Waals surface area contributed by atoms with E-state index in [4.69, 9.17) is 5.11 Å². The van der Waals surface area contributed by atoms with Crippen LogP contribution in [0.2, 0.25) is 0 Å². The zero-order valence-corrected chi connectivity index (χ0v) is 14.1. The van der Waals surface area contributed by atoms with Gasteiger partial charge in [-0.1, -0.05) is 30.3 Å². The first kappa shape index (κ1) is 17.7. The number of nitrogens with zero attached hydrogens (tertiary/aromatic N) is 3. The Bertz CT molecular complexity index is 932. The first-order valence-corrected chi connectivity index (χ1v) is 8.30. The first-order valence-electron chi connectivity index (χ1n) is 8.30. The summed E-state index contributed by atoms with van der Waals surface area (Å²) < 4.78 is 2.26. The van der Waals surface area contributed by atoms with Crippen LogP contribution in [0.15, 0.2) is 52.2 Å². The monoisotopic (exact) mass is 357 g/mol. The third-order valence-corrected chi connectivity index (χ3v) is 4.52. The second kappa shape index (κ2) is 7.38. The topological polar surface area (TPSA) is 102 Å². The molecule has 1 aliphatic heterocycles. The second-order valence-corrected chi connectivity index (χ2v) is 6.30. The number of aromatic nitrogens is 2. The van der Waals surface area contributed by atoms with E-state index in [1.807, 2.05) is 30.3 Å². The van der Waals surface area contributed by atoms with Crippen molar-refractivity contribution >= 4 is 11.9 Å². The van der Waals surface area contributed by atoms with Gasteiger partial charge in [0, 0.05) is 25.4 Å². The molecule has 1 aromatic carbocycles. The quantitative estimate of drug-likeness (QED) is 0.811. The fraction of sp³-hybridized carbons (Fsp3) is 0.333. The molecule has 0 saturated carbocycles. The lowest BCUT2D eigenvalue weighted by atomic mass is 10.1. The summed E-state index contributed by atoms with van der Waals surface area (Å²) in [7, 11) is 0. The van der Waals surface area contributed by atoms with Crippen LogP contribution in [-0.4, -0.2) is 44.1 Å². The molecule has 0 bridgehead atoms. The largest absolute Gasteiger partial charge is 0.481 e. The van der Waals surface area contributed by atoms with E-state index in [2.05, 4.69) is 0 Å². The molecule has 1 aromatic heterocycles. The Kier molecular flexibility index (Phi) is 5.01. The van der Waals surface area contributed by atoms with Gasteiger partial charge in [-0.2, -0.15) is 0 Å². The number of benzene rings is 1. The Morgan fingerprint density at radius 3 is 2.50 bits per heavy atom. The molecular weight excluding hydrogens is 338 g/mol. The summed E-state index contributed by atoms with van der Waals surface area (Å²) in [5, 5.41) is 9.02. The third-order valence-electron chi connectivity index (χ3n) is 4.52. The summed E-state index contributed by atoms with van der Waals surface area (Å²) >= 11 is 0. The van der Waals surface area contributed by atoms with Gasteiger partial charge in [0.05, 0.1) is 12.5 Å². The Hall–Kier alpha value is -3.16. The molecule has 1 atom stereocenters. The Labute approximate surface area is 148 Å². The van der Waals surface area contributed by atoms with Gasteiger partial charge in [0.2, 0.25) is 5.91 Å². The van der Waals surface area contributed by atoms with Crippen LogP contribution in [0.3, 0.4) is 0 Å². The van der Waals surface area contributed by atoms with Crippen LogP contribution in [0.1, 0.15) is 12.0 Å². The molecule has 2 heterocycles. The van der Waals surface area contributed by atoms with Crippen molar-refractivity contribution in [2.45, 2.75) is 19.5 Å². The maximum absolute atomic E-state index is 12.6. The predicted octanol–water partition coefficient (Wildman–Crippen LogP) is -0.00860. The van der Waals surface area contributed by atoms with Crippen LogP contribution in [0.5, 0.6) is 0 Å². The van der Waals surface area contributed by atoms with Crippen molar-refractivity contribution in [2.75, 3.05) is 13.1 Å². The molecule has 1 fully saturated rings. The summed E-state index contributed by atoms with van der Waals surface area (Å²) in [4.78, 5) is 49.4. The molecule has 0 unspecified atom stereocenters. The summed E-state index contributed by atoms with van der Waals surface area (Å²) in [5.74, 6) is -1.96. The minimum absolute atomic E-state index is 0.105. The fourth-order valence-electron chi connectivity index (χ4n) is 3.03. The van der Waals surface area contributed by atoms with E-state index < -0.39 is 29.0 Å². The lowest BCUT2D eigenvalue weighted by molar-refractivity contribution is -0.141. The smallest absolute Gasteiger partial charge is 0.331 e. The van der Waals surface area contributed by atoms with E-state index in [9.17, 15) is 19.2 Å². The van der Waals surface area contributed by atoms with Gasteiger partial charge in [0.25, 0.3) is 5.56 Å². The number of amides is 1. The van der Waals surface area contributed by atoms with Crippen LogP contribution in [0.25, 0.3) is 0 Å². The van der Waals surface area contributed by atoms with Crippen molar-refractivity contribution in [3.8, 4) is 0 Å². The highest BCUT2D eigenvalue weighted by atomic mass is 16.4. The van der Waals surface area contributed by atoms with E-state index in [0.717, 1.165) is 10.1 Å². The van der Waals surface area contributed by atoms with Gasteiger partial charge in [0.15, 0.2) is 0 Å². The molecular formula is C18H19N3O5. The molecule has 136 valence electrons. The molecule has 3 rings (SSSR count). The molecule has 1 N–H and O–H groups in total. The van der Waals surface area contributed by atoms with E-state index in [1.54, 1.807) is 0 Å². The van der Waals surface area contributed by atoms with Crippen molar-refractivity contribution < 1.29 is 14.7 Å². The van der Waals surface area contributed by atoms with Gasteiger partial charge in [-0.25, -0.2) is 4.79 Å². The van der Waals surface area contributed by atoms with E-state index in [0.29, 0.717) is 19.5 Å². The second-order valence-electron chi connectivity index (χ2n) is 6.30. The lowest BCUT2D eigenvalue weighted by Crippen LogP contribution is -2.44. The van der Waals surface area contributed by atoms with Crippen LogP contribution in [0.4, 0.5) is 0 Å². The number of carboxylic acid groups (broad SMARTS) is 1. The fourth-order valence-corrected chi connectivity index (χ4v) is 3.03. The number of hydrogen-bond donors (Lipinski definition) is 1. The Balaban J connectivity index is 1.79. The zero-order valence-electron chi connectivity index (χ0n) is 14.1. The van der Waals surface area contributed by atoms with Gasteiger partial charge in [0.1, 0.15) is 6.54 Å². The number of carbonyl (C=O) groups is 2. The molecule has 0 aliphatic carbocycles. The van der Waals surface area contributed by atoms with Crippen LogP contribution < -0.4 is 11.2 Å². The molecule has 2 aromatic rings. The van der Waals surface area contributed by atoms with Crippen molar-refractivity contribution in [3.63, 3.8) is 0 Å². The normalized spacial score (nSPS) is 16.6. The van der Waals surface area contributed by atoms with Crippen molar-refractivity contribution in [3.05, 3.63) is 69.0 Å². The van der Waals surface area contributed by atoms with Gasteiger partial charge in [-0.15, -0.1) is 0 Å². The van der Waals surface area contributed by atoms with E-state index in [-0.39, 0.29) is 13.1 Å². The number of hydrogen-bond acceptors (Lipinski definition) is 4. The lowest BCUT2D eigenvalue weighted by Gasteiger charge is -2.17. The number of likely N-dealkylation sites (tertiary alicyclic amines) is 1. The van der Waals surface area contributed by atoms with Crippen molar-refractivity contribution in [1.82, 2.24) is 14.0 Å². The van der Waals surface area contributed by atoms with E-state index >= 15 is 0 Å². The molecule has 1 saturated heterocycles. The molecule has 26 heavy (non-hydrogen) atoms. The highest BCUT2D eigenvalue weighted by Crippen LogP contribution is 2.16. The molecule has 8 nitrogen and oxygen atoms in total. The van der Waals surface area contributed by atoms with Crippen LogP contribution in [0, 0.1) is 5.92 Å². The number of aliphatic carboxylic acids is 1. The average molecular weight is 357 g/mol. The summed E-state index contributed by atoms with van der Waals surface area (Å²) in [6.07, 6.45) is 1.79. The molecule has 0 radical (unpaired) electrons. The SMILES string of the molecule is O=C(O)[C@@H]1CCN(C(=O)Cn2c(=O)ccn(Cc3ccccc3)c2=O)C1. The van der Waals surface area contributed by atoms with Gasteiger partial charge in [-0.3, -0.25) is 23.5 Å². The summed E-state index contributed by atoms with van der Waals surface area (Å²) in [6, 6.07) is 10.6. The summed E-state index contributed by atoms with van der Waals surface area (Å²) in [5.41, 5.74) is -0.222. The maximum Gasteiger partial charge on any atom is 0.331 e. The van der Waals surface area contributed by atoms with Crippen LogP contribution >= 0.6 is 0 Å². The number of carboxylic acids is 1. The van der Waals surface area contributed by atoms with Gasteiger partial charge < -0.3 is 10.0 Å². The van der Waals surface area contributed by atoms with Crippen LogP contribution in [-0.2, 0) is 22.7 Å². The predicted molar refractivity (Wildman–Crippen MR) is 92.8 cm³/mol. The standard InChI is InChI=1S/C18H19N3O5/c22-15-7-9-20(10-13-4-2-1-3-5-13)18(26)21(15)12-16(23)19-8-6-14(11-19)17(24)25/h1-5,7,9,14H,6,8,10-12H2,(H,24,25)/t14-/m1/s1. The maximum atomic E-state index is 12.6. The van der Waals surface area contributed by atoms with E-state index in [1.165, 1.54) is 21.7 Å². The molecule has 1 amide bonds. The molecule has 0 spiro atoms. The zero-order chi connectivity index (χ0) is 18.7. The minimum Gasteiger partial charge on any atom is -0.481 e. The summed E-state index contributed by atoms with van der Waals surface area (Å²) in [6.45, 7) is 0.322. The van der Waals surface area contributed by atoms with Gasteiger partial charge in [-0.05, 0) is 12.0 Å². The number of carbonyl (C=O) groups excluding carboxylic acids is 1.